The van der Waals surface area contributed by atoms with Gasteiger partial charge in [0.1, 0.15) is 6.54 Å². The highest BCUT2D eigenvalue weighted by Crippen LogP contribution is 2.29. The van der Waals surface area contributed by atoms with Crippen LogP contribution in [-0.4, -0.2) is 41.3 Å². The molecule has 2 aromatic rings. The van der Waals surface area contributed by atoms with E-state index >= 15 is 0 Å². The molecule has 1 aliphatic heterocycles. The summed E-state index contributed by atoms with van der Waals surface area (Å²) in [7, 11) is -3.57. The van der Waals surface area contributed by atoms with Crippen molar-refractivity contribution in [2.24, 2.45) is 0 Å². The molecule has 0 bridgehead atoms. The number of fused-ring (bicyclic) bond motifs is 1. The van der Waals surface area contributed by atoms with Crippen LogP contribution in [0.2, 0.25) is 0 Å². The predicted octanol–water partition coefficient (Wildman–Crippen LogP) is 2.25. The van der Waals surface area contributed by atoms with Gasteiger partial charge in [0.15, 0.2) is 5.03 Å². The highest BCUT2D eigenvalue weighted by molar-refractivity contribution is 7.89. The smallest absolute Gasteiger partial charge is 0.262 e. The third-order valence-electron chi connectivity index (χ3n) is 5.56. The number of carbonyl (C=O) groups excluding carboxylic acids is 1. The molecule has 8 heteroatoms. The zero-order chi connectivity index (χ0) is 19.6. The molecule has 1 aromatic heterocycles. The molecular weight excluding hydrogens is 376 g/mol. The van der Waals surface area contributed by atoms with Gasteiger partial charge in [0.2, 0.25) is 5.91 Å². The molecule has 0 spiro atoms. The first-order chi connectivity index (χ1) is 13.5. The average molecular weight is 403 g/mol. The van der Waals surface area contributed by atoms with Crippen LogP contribution in [-0.2, 0) is 27.8 Å². The molecule has 1 amide bonds. The second-order valence-electron chi connectivity index (χ2n) is 7.56. The predicted molar refractivity (Wildman–Crippen MR) is 105 cm³/mol. The highest BCUT2D eigenvalue weighted by atomic mass is 32.2. The number of amides is 1. The first-order valence-electron chi connectivity index (χ1n) is 9.93. The normalized spacial score (nSPS) is 20.5. The number of sulfonamides is 1. The van der Waals surface area contributed by atoms with Crippen LogP contribution in [0.4, 0.5) is 0 Å². The molecule has 2 aliphatic rings. The minimum atomic E-state index is -3.57. The lowest BCUT2D eigenvalue weighted by molar-refractivity contribution is -0.122. The lowest BCUT2D eigenvalue weighted by Crippen LogP contribution is -2.35. The summed E-state index contributed by atoms with van der Waals surface area (Å²) in [4.78, 5) is 16.6. The molecule has 0 unspecified atom stereocenters. The summed E-state index contributed by atoms with van der Waals surface area (Å²) < 4.78 is 28.4. The van der Waals surface area contributed by atoms with Crippen molar-refractivity contribution >= 4 is 15.9 Å². The molecular formula is C20H26N4O3S. The van der Waals surface area contributed by atoms with Crippen molar-refractivity contribution in [1.82, 2.24) is 19.2 Å². The van der Waals surface area contributed by atoms with Crippen molar-refractivity contribution in [3.63, 3.8) is 0 Å². The van der Waals surface area contributed by atoms with Crippen molar-refractivity contribution in [3.05, 3.63) is 47.9 Å². The fourth-order valence-corrected chi connectivity index (χ4v) is 5.56. The summed E-state index contributed by atoms with van der Waals surface area (Å²) in [6.07, 6.45) is 8.71. The van der Waals surface area contributed by atoms with E-state index in [4.69, 9.17) is 0 Å². The number of nitrogens with one attached hydrogen (secondary N) is 1. The fourth-order valence-electron chi connectivity index (χ4n) is 4.11. The maximum Gasteiger partial charge on any atom is 0.262 e. The topological polar surface area (TPSA) is 84.3 Å². The fraction of sp³-hybridized carbons (Fsp3) is 0.500. The van der Waals surface area contributed by atoms with E-state index in [0.29, 0.717) is 13.1 Å². The largest absolute Gasteiger partial charge is 0.348 e. The third kappa shape index (κ3) is 3.98. The van der Waals surface area contributed by atoms with Gasteiger partial charge in [-0.05, 0) is 43.2 Å². The second-order valence-corrected chi connectivity index (χ2v) is 9.44. The Morgan fingerprint density at radius 3 is 2.75 bits per heavy atom. The number of hydrogen-bond acceptors (Lipinski definition) is 4. The highest BCUT2D eigenvalue weighted by Gasteiger charge is 2.28. The van der Waals surface area contributed by atoms with Gasteiger partial charge in [-0.3, -0.25) is 4.79 Å². The second kappa shape index (κ2) is 8.05. The first kappa shape index (κ1) is 19.1. The number of rotatable bonds is 5. The SMILES string of the molecule is O=C(Cn1cnc(S(=O)(=O)N2CCCCC2)c1)N[C@H]1CCCc2ccccc21. The van der Waals surface area contributed by atoms with Crippen molar-refractivity contribution in [3.8, 4) is 0 Å². The Hall–Kier alpha value is -2.19. The van der Waals surface area contributed by atoms with Gasteiger partial charge in [0, 0.05) is 19.3 Å². The molecule has 150 valence electrons. The number of imidazole rings is 1. The van der Waals surface area contributed by atoms with Gasteiger partial charge in [0.05, 0.1) is 12.4 Å². The summed E-state index contributed by atoms with van der Waals surface area (Å²) in [6.45, 7) is 1.13. The molecule has 1 atom stereocenters. The van der Waals surface area contributed by atoms with Gasteiger partial charge in [-0.1, -0.05) is 30.7 Å². The third-order valence-corrected chi connectivity index (χ3v) is 7.34. The summed E-state index contributed by atoms with van der Waals surface area (Å²) in [5.41, 5.74) is 2.47. The molecule has 1 saturated heterocycles. The van der Waals surface area contributed by atoms with Crippen molar-refractivity contribution in [2.75, 3.05) is 13.1 Å². The number of aromatic nitrogens is 2. The van der Waals surface area contributed by atoms with Crippen LogP contribution in [0.3, 0.4) is 0 Å². The van der Waals surface area contributed by atoms with E-state index in [9.17, 15) is 13.2 Å². The molecule has 4 rings (SSSR count). The van der Waals surface area contributed by atoms with Crippen LogP contribution in [0.1, 0.15) is 49.3 Å². The minimum absolute atomic E-state index is 0.0116. The summed E-state index contributed by atoms with van der Waals surface area (Å²) in [5, 5.41) is 3.11. The van der Waals surface area contributed by atoms with Crippen molar-refractivity contribution in [1.29, 1.82) is 0 Å². The van der Waals surface area contributed by atoms with Gasteiger partial charge in [0.25, 0.3) is 10.0 Å². The minimum Gasteiger partial charge on any atom is -0.348 e. The number of piperidine rings is 1. The van der Waals surface area contributed by atoms with E-state index in [1.54, 1.807) is 4.57 Å². The average Bonchev–Trinajstić information content (AvgIpc) is 3.18. The Bertz CT molecular complexity index is 948. The number of benzene rings is 1. The molecule has 0 saturated carbocycles. The lowest BCUT2D eigenvalue weighted by atomic mass is 9.88. The van der Waals surface area contributed by atoms with Crippen molar-refractivity contribution < 1.29 is 13.2 Å². The van der Waals surface area contributed by atoms with Crippen LogP contribution >= 0.6 is 0 Å². The van der Waals surface area contributed by atoms with Gasteiger partial charge >= 0.3 is 0 Å². The summed E-state index contributed by atoms with van der Waals surface area (Å²) in [5.74, 6) is -0.138. The van der Waals surface area contributed by atoms with Crippen LogP contribution in [0, 0.1) is 0 Å². The number of nitrogens with zero attached hydrogens (tertiary/aromatic N) is 3. The van der Waals surface area contributed by atoms with Gasteiger partial charge in [-0.25, -0.2) is 13.4 Å². The maximum atomic E-state index is 12.7. The molecule has 1 aromatic carbocycles. The summed E-state index contributed by atoms with van der Waals surface area (Å²) in [6, 6.07) is 8.22. The van der Waals surface area contributed by atoms with E-state index in [-0.39, 0.29) is 23.5 Å². The molecule has 0 radical (unpaired) electrons. The van der Waals surface area contributed by atoms with Crippen LogP contribution in [0.25, 0.3) is 0 Å². The first-order valence-corrected chi connectivity index (χ1v) is 11.4. The number of hydrogen-bond donors (Lipinski definition) is 1. The van der Waals surface area contributed by atoms with E-state index in [0.717, 1.165) is 38.5 Å². The Labute approximate surface area is 165 Å². The molecule has 1 N–H and O–H groups in total. The van der Waals surface area contributed by atoms with E-state index in [2.05, 4.69) is 22.4 Å². The Balaban J connectivity index is 1.41. The summed E-state index contributed by atoms with van der Waals surface area (Å²) >= 11 is 0. The Kier molecular flexibility index (Phi) is 5.50. The molecule has 1 aliphatic carbocycles. The van der Waals surface area contributed by atoms with Gasteiger partial charge in [-0.15, -0.1) is 0 Å². The number of carbonyl (C=O) groups is 1. The van der Waals surface area contributed by atoms with Crippen LogP contribution < -0.4 is 5.32 Å². The van der Waals surface area contributed by atoms with Crippen molar-refractivity contribution in [2.45, 2.75) is 56.1 Å². The maximum absolute atomic E-state index is 12.7. The standard InChI is InChI=1S/C20H26N4O3S/c25-19(22-18-10-6-8-16-7-2-3-9-17(16)18)13-23-14-20(21-15-23)28(26,27)24-11-4-1-5-12-24/h2-3,7,9,14-15,18H,1,4-6,8,10-13H2,(H,22,25)/t18-/m0/s1. The van der Waals surface area contributed by atoms with Crippen LogP contribution in [0.5, 0.6) is 0 Å². The Morgan fingerprint density at radius 1 is 1.14 bits per heavy atom. The van der Waals surface area contributed by atoms with E-state index in [1.165, 1.54) is 28.0 Å². The lowest BCUT2D eigenvalue weighted by Gasteiger charge is -2.26. The Morgan fingerprint density at radius 2 is 1.93 bits per heavy atom. The molecule has 28 heavy (non-hydrogen) atoms. The molecule has 1 fully saturated rings. The zero-order valence-electron chi connectivity index (χ0n) is 15.9. The molecule has 7 nitrogen and oxygen atoms in total. The van der Waals surface area contributed by atoms with Gasteiger partial charge < -0.3 is 9.88 Å². The van der Waals surface area contributed by atoms with E-state index < -0.39 is 10.0 Å². The monoisotopic (exact) mass is 402 g/mol. The number of aryl methyl sites for hydroxylation is 1. The van der Waals surface area contributed by atoms with E-state index in [1.807, 2.05) is 12.1 Å². The quantitative estimate of drug-likeness (QED) is 0.831. The zero-order valence-corrected chi connectivity index (χ0v) is 16.7. The molecule has 2 heterocycles. The van der Waals surface area contributed by atoms with Crippen LogP contribution in [0.15, 0.2) is 41.8 Å². The van der Waals surface area contributed by atoms with Gasteiger partial charge in [-0.2, -0.15) is 4.31 Å².